The number of carbonyl (C=O) groups excluding carboxylic acids is 1. The van der Waals surface area contributed by atoms with E-state index in [0.29, 0.717) is 36.0 Å². The second-order valence-electron chi connectivity index (χ2n) is 6.77. The van der Waals surface area contributed by atoms with Gasteiger partial charge in [0.05, 0.1) is 13.2 Å². The summed E-state index contributed by atoms with van der Waals surface area (Å²) in [7, 11) is 1.58. The van der Waals surface area contributed by atoms with Crippen LogP contribution in [0.2, 0.25) is 0 Å². The zero-order valence-electron chi connectivity index (χ0n) is 15.2. The number of nitrogens with zero attached hydrogens (tertiary/aromatic N) is 1. The van der Waals surface area contributed by atoms with Gasteiger partial charge >= 0.3 is 0 Å². The number of likely N-dealkylation sites (tertiary alicyclic amines) is 1. The Balaban J connectivity index is 1.65. The Morgan fingerprint density at radius 2 is 1.92 bits per heavy atom. The van der Waals surface area contributed by atoms with Crippen molar-refractivity contribution in [3.63, 3.8) is 0 Å². The molecule has 1 amide bonds. The van der Waals surface area contributed by atoms with Gasteiger partial charge in [-0.2, -0.15) is 0 Å². The van der Waals surface area contributed by atoms with Crippen LogP contribution in [0.4, 0.5) is 0 Å². The minimum Gasteiger partial charge on any atom is -0.493 e. The number of aryl methyl sites for hydroxylation is 1. The fraction of sp³-hybridized carbons (Fsp3) is 0.381. The molecule has 0 spiro atoms. The van der Waals surface area contributed by atoms with Crippen LogP contribution < -0.4 is 14.2 Å². The maximum Gasteiger partial charge on any atom is 0.254 e. The molecule has 5 heteroatoms. The van der Waals surface area contributed by atoms with E-state index in [0.717, 1.165) is 19.4 Å². The van der Waals surface area contributed by atoms with E-state index in [9.17, 15) is 4.79 Å². The SMILES string of the molecule is COc1cc(C(=O)N2CCCC2c2ccc(C)cc2)cc2c1OCCO2. The number of amides is 1. The maximum absolute atomic E-state index is 13.2. The Bertz CT molecular complexity index is 798. The topological polar surface area (TPSA) is 48.0 Å². The Labute approximate surface area is 153 Å². The molecular weight excluding hydrogens is 330 g/mol. The lowest BCUT2D eigenvalue weighted by Crippen LogP contribution is -2.30. The predicted octanol–water partition coefficient (Wildman–Crippen LogP) is 3.75. The first-order valence-corrected chi connectivity index (χ1v) is 9.02. The Hall–Kier alpha value is -2.69. The van der Waals surface area contributed by atoms with Crippen molar-refractivity contribution in [2.45, 2.75) is 25.8 Å². The summed E-state index contributed by atoms with van der Waals surface area (Å²) in [5, 5.41) is 0. The third kappa shape index (κ3) is 2.98. The van der Waals surface area contributed by atoms with Crippen LogP contribution in [0.25, 0.3) is 0 Å². The van der Waals surface area contributed by atoms with Gasteiger partial charge in [-0.1, -0.05) is 29.8 Å². The number of hydrogen-bond acceptors (Lipinski definition) is 4. The van der Waals surface area contributed by atoms with Crippen LogP contribution in [0.1, 0.15) is 40.4 Å². The van der Waals surface area contributed by atoms with Crippen LogP contribution in [0.15, 0.2) is 36.4 Å². The van der Waals surface area contributed by atoms with Gasteiger partial charge in [0, 0.05) is 12.1 Å². The van der Waals surface area contributed by atoms with E-state index in [4.69, 9.17) is 14.2 Å². The minimum absolute atomic E-state index is 0.00310. The summed E-state index contributed by atoms with van der Waals surface area (Å²) in [5.41, 5.74) is 2.98. The Morgan fingerprint density at radius 1 is 1.15 bits per heavy atom. The molecule has 0 bridgehead atoms. The van der Waals surface area contributed by atoms with Crippen LogP contribution in [0, 0.1) is 6.92 Å². The van der Waals surface area contributed by atoms with E-state index in [1.54, 1.807) is 19.2 Å². The van der Waals surface area contributed by atoms with Gasteiger partial charge < -0.3 is 19.1 Å². The van der Waals surface area contributed by atoms with E-state index in [-0.39, 0.29) is 11.9 Å². The molecule has 0 N–H and O–H groups in total. The monoisotopic (exact) mass is 353 g/mol. The largest absolute Gasteiger partial charge is 0.493 e. The molecule has 2 aromatic rings. The normalized spacial score (nSPS) is 18.7. The lowest BCUT2D eigenvalue weighted by Gasteiger charge is -2.27. The van der Waals surface area contributed by atoms with Gasteiger partial charge in [0.1, 0.15) is 13.2 Å². The van der Waals surface area contributed by atoms with Crippen LogP contribution >= 0.6 is 0 Å². The first-order valence-electron chi connectivity index (χ1n) is 9.02. The summed E-state index contributed by atoms with van der Waals surface area (Å²) >= 11 is 0. The molecule has 0 saturated carbocycles. The van der Waals surface area contributed by atoms with Crippen LogP contribution in [0.5, 0.6) is 17.2 Å². The second-order valence-corrected chi connectivity index (χ2v) is 6.77. The number of fused-ring (bicyclic) bond motifs is 1. The van der Waals surface area contributed by atoms with Crippen molar-refractivity contribution in [1.29, 1.82) is 0 Å². The van der Waals surface area contributed by atoms with E-state index >= 15 is 0 Å². The highest BCUT2D eigenvalue weighted by Crippen LogP contribution is 2.41. The summed E-state index contributed by atoms with van der Waals surface area (Å²) in [6, 6.07) is 12.1. The molecule has 26 heavy (non-hydrogen) atoms. The first-order chi connectivity index (χ1) is 12.7. The van der Waals surface area contributed by atoms with E-state index in [2.05, 4.69) is 31.2 Å². The van der Waals surface area contributed by atoms with Crippen LogP contribution in [-0.2, 0) is 0 Å². The summed E-state index contributed by atoms with van der Waals surface area (Å²) in [6.07, 6.45) is 1.99. The van der Waals surface area contributed by atoms with Gasteiger partial charge in [-0.05, 0) is 37.5 Å². The molecule has 4 rings (SSSR count). The third-order valence-electron chi connectivity index (χ3n) is 5.05. The van der Waals surface area contributed by atoms with Crippen LogP contribution in [0.3, 0.4) is 0 Å². The van der Waals surface area contributed by atoms with Crippen LogP contribution in [-0.4, -0.2) is 37.7 Å². The Morgan fingerprint density at radius 3 is 2.69 bits per heavy atom. The molecular formula is C21H23NO4. The minimum atomic E-state index is 0.00310. The van der Waals surface area contributed by atoms with Crippen molar-refractivity contribution >= 4 is 5.91 Å². The number of ether oxygens (including phenoxy) is 3. The smallest absolute Gasteiger partial charge is 0.254 e. The van der Waals surface area contributed by atoms with Crippen molar-refractivity contribution in [2.24, 2.45) is 0 Å². The average molecular weight is 353 g/mol. The molecule has 136 valence electrons. The number of methoxy groups -OCH3 is 1. The van der Waals surface area contributed by atoms with Crippen molar-refractivity contribution in [3.05, 3.63) is 53.1 Å². The zero-order valence-corrected chi connectivity index (χ0v) is 15.2. The van der Waals surface area contributed by atoms with Crippen molar-refractivity contribution in [2.75, 3.05) is 26.9 Å². The molecule has 1 unspecified atom stereocenters. The van der Waals surface area contributed by atoms with E-state index in [1.807, 2.05) is 4.90 Å². The highest BCUT2D eigenvalue weighted by Gasteiger charge is 2.32. The van der Waals surface area contributed by atoms with E-state index in [1.165, 1.54) is 11.1 Å². The van der Waals surface area contributed by atoms with Crippen molar-refractivity contribution in [3.8, 4) is 17.2 Å². The number of hydrogen-bond donors (Lipinski definition) is 0. The quantitative estimate of drug-likeness (QED) is 0.843. The lowest BCUT2D eigenvalue weighted by molar-refractivity contribution is 0.0734. The van der Waals surface area contributed by atoms with Gasteiger partial charge in [-0.25, -0.2) is 0 Å². The fourth-order valence-electron chi connectivity index (χ4n) is 3.71. The van der Waals surface area contributed by atoms with Crippen molar-refractivity contribution < 1.29 is 19.0 Å². The molecule has 2 aliphatic heterocycles. The lowest BCUT2D eigenvalue weighted by atomic mass is 10.0. The molecule has 2 aromatic carbocycles. The summed E-state index contributed by atoms with van der Waals surface area (Å²) in [5.74, 6) is 1.69. The first kappa shape index (κ1) is 16.8. The number of benzene rings is 2. The standard InChI is InChI=1S/C21H23NO4/c1-14-5-7-15(8-6-14)17-4-3-9-22(17)21(23)16-12-18(24-2)20-19(13-16)25-10-11-26-20/h5-8,12-13,17H,3-4,9-11H2,1-2H3. The molecule has 2 heterocycles. The third-order valence-corrected chi connectivity index (χ3v) is 5.05. The molecule has 2 aliphatic rings. The fourth-order valence-corrected chi connectivity index (χ4v) is 3.71. The Kier molecular flexibility index (Phi) is 4.45. The molecule has 1 atom stereocenters. The summed E-state index contributed by atoms with van der Waals surface area (Å²) in [4.78, 5) is 15.2. The van der Waals surface area contributed by atoms with Gasteiger partial charge in [-0.15, -0.1) is 0 Å². The number of rotatable bonds is 3. The highest BCUT2D eigenvalue weighted by molar-refractivity contribution is 5.96. The maximum atomic E-state index is 13.2. The van der Waals surface area contributed by atoms with Gasteiger partial charge in [0.15, 0.2) is 11.5 Å². The van der Waals surface area contributed by atoms with E-state index < -0.39 is 0 Å². The summed E-state index contributed by atoms with van der Waals surface area (Å²) < 4.78 is 16.7. The average Bonchev–Trinajstić information content (AvgIpc) is 3.16. The van der Waals surface area contributed by atoms with Gasteiger partial charge in [-0.3, -0.25) is 4.79 Å². The molecule has 0 aliphatic carbocycles. The predicted molar refractivity (Wildman–Crippen MR) is 98.2 cm³/mol. The molecule has 1 saturated heterocycles. The summed E-state index contributed by atoms with van der Waals surface area (Å²) in [6.45, 7) is 3.79. The molecule has 5 nitrogen and oxygen atoms in total. The van der Waals surface area contributed by atoms with Gasteiger partial charge in [0.25, 0.3) is 5.91 Å². The van der Waals surface area contributed by atoms with Gasteiger partial charge in [0.2, 0.25) is 5.75 Å². The highest BCUT2D eigenvalue weighted by atomic mass is 16.6. The molecule has 1 fully saturated rings. The molecule has 0 radical (unpaired) electrons. The second kappa shape index (κ2) is 6.90. The zero-order chi connectivity index (χ0) is 18.1. The molecule has 0 aromatic heterocycles. The number of carbonyl (C=O) groups is 1. The van der Waals surface area contributed by atoms with Crippen molar-refractivity contribution in [1.82, 2.24) is 4.90 Å².